The number of carbonyl (C=O) groups excluding carboxylic acids is 2. The summed E-state index contributed by atoms with van der Waals surface area (Å²) < 4.78 is 44.1. The lowest BCUT2D eigenvalue weighted by Crippen LogP contribution is -2.56. The maximum absolute atomic E-state index is 12.9. The van der Waals surface area contributed by atoms with Crippen molar-refractivity contribution in [3.63, 3.8) is 0 Å². The van der Waals surface area contributed by atoms with Gasteiger partial charge in [0.1, 0.15) is 5.60 Å². The number of carbonyl (C=O) groups is 2. The van der Waals surface area contributed by atoms with Gasteiger partial charge < -0.3 is 15.2 Å². The molecule has 0 radical (unpaired) electrons. The Kier molecular flexibility index (Phi) is 9.46. The summed E-state index contributed by atoms with van der Waals surface area (Å²) in [6, 6.07) is 16.2. The molecule has 10 heteroatoms. The summed E-state index contributed by atoms with van der Waals surface area (Å²) in [5, 5.41) is 13.7. The number of hydrazine groups is 1. The largest absolute Gasteiger partial charge is 0.471 e. The summed E-state index contributed by atoms with van der Waals surface area (Å²) in [4.78, 5) is 24.4. The lowest BCUT2D eigenvalue weighted by molar-refractivity contribution is -0.175. The molecule has 0 spiro atoms. The van der Waals surface area contributed by atoms with E-state index in [2.05, 4.69) is 5.43 Å². The SMILES string of the molecule is CC(C)(C)OC(=O)N(CC(O)C(Cc1ccccc1)NC(=O)C(F)(F)F)NCc1ccccc1. The van der Waals surface area contributed by atoms with E-state index >= 15 is 0 Å². The van der Waals surface area contributed by atoms with E-state index in [0.717, 1.165) is 10.6 Å². The number of aliphatic hydroxyl groups excluding tert-OH is 1. The molecule has 0 aromatic heterocycles. The topological polar surface area (TPSA) is 90.9 Å². The molecule has 7 nitrogen and oxygen atoms in total. The third-order valence-corrected chi connectivity index (χ3v) is 4.64. The molecular weight excluding hydrogens is 451 g/mol. The van der Waals surface area contributed by atoms with Gasteiger partial charge in [-0.3, -0.25) is 4.79 Å². The second-order valence-electron chi connectivity index (χ2n) is 8.75. The van der Waals surface area contributed by atoms with Gasteiger partial charge in [-0.15, -0.1) is 0 Å². The molecule has 2 rings (SSSR count). The van der Waals surface area contributed by atoms with Crippen molar-refractivity contribution in [1.29, 1.82) is 0 Å². The number of hydrogen-bond acceptors (Lipinski definition) is 5. The van der Waals surface area contributed by atoms with E-state index in [9.17, 15) is 27.9 Å². The van der Waals surface area contributed by atoms with Crippen molar-refractivity contribution >= 4 is 12.0 Å². The molecule has 0 saturated heterocycles. The smallest absolute Gasteiger partial charge is 0.443 e. The van der Waals surface area contributed by atoms with Crippen LogP contribution < -0.4 is 10.7 Å². The predicted molar refractivity (Wildman–Crippen MR) is 120 cm³/mol. The van der Waals surface area contributed by atoms with Crippen LogP contribution in [0.2, 0.25) is 0 Å². The number of halogens is 3. The average molecular weight is 482 g/mol. The molecule has 0 saturated carbocycles. The minimum absolute atomic E-state index is 0.0787. The van der Waals surface area contributed by atoms with E-state index in [-0.39, 0.29) is 13.0 Å². The van der Waals surface area contributed by atoms with E-state index in [4.69, 9.17) is 4.74 Å². The highest BCUT2D eigenvalue weighted by molar-refractivity contribution is 5.82. The Bertz CT molecular complexity index is 919. The van der Waals surface area contributed by atoms with Crippen LogP contribution in [0.15, 0.2) is 60.7 Å². The molecule has 0 bridgehead atoms. The summed E-state index contributed by atoms with van der Waals surface area (Å²) in [5.41, 5.74) is 3.45. The molecule has 2 aromatic rings. The van der Waals surface area contributed by atoms with E-state index in [1.165, 1.54) is 0 Å². The zero-order valence-electron chi connectivity index (χ0n) is 19.3. The summed E-state index contributed by atoms with van der Waals surface area (Å²) in [5.74, 6) is -2.17. The number of rotatable bonds is 9. The van der Waals surface area contributed by atoms with Crippen LogP contribution in [0.3, 0.4) is 0 Å². The van der Waals surface area contributed by atoms with Crippen molar-refractivity contribution in [2.45, 2.75) is 57.7 Å². The van der Waals surface area contributed by atoms with Crippen molar-refractivity contribution in [3.8, 4) is 0 Å². The summed E-state index contributed by atoms with van der Waals surface area (Å²) >= 11 is 0. The van der Waals surface area contributed by atoms with Crippen LogP contribution in [0.25, 0.3) is 0 Å². The molecule has 2 unspecified atom stereocenters. The molecule has 186 valence electrons. The second-order valence-corrected chi connectivity index (χ2v) is 8.75. The highest BCUT2D eigenvalue weighted by Gasteiger charge is 2.41. The number of ether oxygens (including phenoxy) is 1. The van der Waals surface area contributed by atoms with Gasteiger partial charge in [0.25, 0.3) is 0 Å². The first-order valence-electron chi connectivity index (χ1n) is 10.7. The summed E-state index contributed by atoms with van der Waals surface area (Å²) in [7, 11) is 0. The monoisotopic (exact) mass is 481 g/mol. The van der Waals surface area contributed by atoms with Gasteiger partial charge in [0.15, 0.2) is 0 Å². The molecule has 2 atom stereocenters. The van der Waals surface area contributed by atoms with Crippen LogP contribution in [0.4, 0.5) is 18.0 Å². The van der Waals surface area contributed by atoms with E-state index in [1.807, 2.05) is 35.6 Å². The predicted octanol–water partition coefficient (Wildman–Crippen LogP) is 3.58. The Morgan fingerprint density at radius 1 is 0.971 bits per heavy atom. The number of nitrogens with zero attached hydrogens (tertiary/aromatic N) is 1. The highest BCUT2D eigenvalue weighted by Crippen LogP contribution is 2.17. The summed E-state index contributed by atoms with van der Waals surface area (Å²) in [6.07, 6.45) is -7.55. The van der Waals surface area contributed by atoms with Crippen LogP contribution >= 0.6 is 0 Å². The number of hydrogen-bond donors (Lipinski definition) is 3. The third kappa shape index (κ3) is 9.40. The minimum atomic E-state index is -5.12. The first-order valence-corrected chi connectivity index (χ1v) is 10.7. The Labute approximate surface area is 196 Å². The minimum Gasteiger partial charge on any atom is -0.443 e. The van der Waals surface area contributed by atoms with Crippen molar-refractivity contribution in [2.75, 3.05) is 6.54 Å². The Balaban J connectivity index is 2.21. The molecule has 2 aromatic carbocycles. The van der Waals surface area contributed by atoms with Crippen LogP contribution in [-0.4, -0.2) is 52.6 Å². The molecule has 34 heavy (non-hydrogen) atoms. The van der Waals surface area contributed by atoms with Crippen molar-refractivity contribution in [2.24, 2.45) is 0 Å². The van der Waals surface area contributed by atoms with Gasteiger partial charge in [0.05, 0.1) is 18.7 Å². The molecule has 0 heterocycles. The van der Waals surface area contributed by atoms with Gasteiger partial charge in [-0.25, -0.2) is 15.2 Å². The quantitative estimate of drug-likeness (QED) is 0.477. The first-order chi connectivity index (χ1) is 15.8. The van der Waals surface area contributed by atoms with Gasteiger partial charge >= 0.3 is 18.2 Å². The standard InChI is InChI=1S/C24H30F3N3O4/c1-23(2,3)34-22(33)30(28-15-18-12-8-5-9-13-18)16-20(31)19(29-21(32)24(25,26)27)14-17-10-6-4-7-11-17/h4-13,19-20,28,31H,14-16H2,1-3H3,(H,29,32). The van der Waals surface area contributed by atoms with Crippen molar-refractivity contribution in [3.05, 3.63) is 71.8 Å². The normalized spacial score (nSPS) is 13.6. The molecular formula is C24H30F3N3O4. The highest BCUT2D eigenvalue weighted by atomic mass is 19.4. The zero-order valence-corrected chi connectivity index (χ0v) is 19.3. The van der Waals surface area contributed by atoms with Crippen molar-refractivity contribution < 1.29 is 32.6 Å². The van der Waals surface area contributed by atoms with Crippen molar-refractivity contribution in [1.82, 2.24) is 15.8 Å². The Morgan fingerprint density at radius 2 is 1.50 bits per heavy atom. The van der Waals surface area contributed by atoms with E-state index < -0.39 is 42.5 Å². The second kappa shape index (κ2) is 11.8. The zero-order chi connectivity index (χ0) is 25.4. The molecule has 0 fully saturated rings. The molecule has 3 N–H and O–H groups in total. The number of alkyl halides is 3. The van der Waals surface area contributed by atoms with Gasteiger partial charge in [-0.05, 0) is 38.3 Å². The first kappa shape index (κ1) is 27.1. The average Bonchev–Trinajstić information content (AvgIpc) is 2.75. The third-order valence-electron chi connectivity index (χ3n) is 4.64. The fourth-order valence-corrected chi connectivity index (χ4v) is 3.02. The molecule has 0 aliphatic carbocycles. The number of amides is 2. The number of aliphatic hydroxyl groups is 1. The molecule has 0 aliphatic heterocycles. The number of nitrogens with one attached hydrogen (secondary N) is 2. The van der Waals surface area contributed by atoms with E-state index in [0.29, 0.717) is 5.56 Å². The summed E-state index contributed by atoms with van der Waals surface area (Å²) in [6.45, 7) is 4.76. The maximum Gasteiger partial charge on any atom is 0.471 e. The van der Waals surface area contributed by atoms with Crippen LogP contribution in [0.5, 0.6) is 0 Å². The maximum atomic E-state index is 12.9. The van der Waals surface area contributed by atoms with Crippen LogP contribution in [0.1, 0.15) is 31.9 Å². The fraction of sp³-hybridized carbons (Fsp3) is 0.417. The molecule has 0 aliphatic rings. The van der Waals surface area contributed by atoms with Gasteiger partial charge in [0, 0.05) is 6.54 Å². The lowest BCUT2D eigenvalue weighted by Gasteiger charge is -2.32. The van der Waals surface area contributed by atoms with Gasteiger partial charge in [-0.2, -0.15) is 13.2 Å². The van der Waals surface area contributed by atoms with Gasteiger partial charge in [-0.1, -0.05) is 60.7 Å². The van der Waals surface area contributed by atoms with Crippen LogP contribution in [-0.2, 0) is 22.5 Å². The Hall–Kier alpha value is -3.11. The Morgan fingerprint density at radius 3 is 2.00 bits per heavy atom. The lowest BCUT2D eigenvalue weighted by atomic mass is 10.0. The number of benzene rings is 2. The van der Waals surface area contributed by atoms with Gasteiger partial charge in [0.2, 0.25) is 0 Å². The van der Waals surface area contributed by atoms with E-state index in [1.54, 1.807) is 51.1 Å². The fourth-order valence-electron chi connectivity index (χ4n) is 3.02. The molecule has 2 amide bonds. The van der Waals surface area contributed by atoms with Crippen LogP contribution in [0, 0.1) is 0 Å².